The number of hydrogen-bond acceptors (Lipinski definition) is 2. The number of carbonyl (C=O) groups excluding carboxylic acids is 2. The Bertz CT molecular complexity index is 639. The molecule has 0 saturated carbocycles. The van der Waals surface area contributed by atoms with Crippen molar-refractivity contribution in [3.8, 4) is 0 Å². The molecule has 2 aromatic rings. The van der Waals surface area contributed by atoms with Crippen molar-refractivity contribution in [2.45, 2.75) is 19.3 Å². The summed E-state index contributed by atoms with van der Waals surface area (Å²) in [7, 11) is 0. The van der Waals surface area contributed by atoms with Crippen LogP contribution in [-0.2, 0) is 16.0 Å². The number of halogens is 2. The normalized spacial score (nSPS) is 10.3. The fourth-order valence-electron chi connectivity index (χ4n) is 2.27. The lowest BCUT2D eigenvalue weighted by molar-refractivity contribution is -0.116. The molecule has 25 heavy (non-hydrogen) atoms. The van der Waals surface area contributed by atoms with E-state index in [0.717, 1.165) is 28.9 Å². The van der Waals surface area contributed by atoms with Gasteiger partial charge in [-0.05, 0) is 41.8 Å². The van der Waals surface area contributed by atoms with Crippen LogP contribution in [0.25, 0.3) is 0 Å². The van der Waals surface area contributed by atoms with Gasteiger partial charge in [-0.3, -0.25) is 9.59 Å². The van der Waals surface area contributed by atoms with E-state index in [9.17, 15) is 9.59 Å². The highest BCUT2D eigenvalue weighted by Gasteiger charge is 2.03. The monoisotopic (exact) mass is 466 g/mol. The van der Waals surface area contributed by atoms with Crippen molar-refractivity contribution in [2.75, 3.05) is 21.3 Å². The van der Waals surface area contributed by atoms with E-state index in [1.165, 1.54) is 0 Å². The molecule has 6 heteroatoms. The molecule has 0 saturated heterocycles. The summed E-state index contributed by atoms with van der Waals surface area (Å²) in [4.78, 5) is 23.1. The molecule has 0 aliphatic rings. The van der Waals surface area contributed by atoms with Gasteiger partial charge in [-0.15, -0.1) is 0 Å². The second-order valence-corrected chi connectivity index (χ2v) is 7.13. The lowest BCUT2D eigenvalue weighted by atomic mass is 10.0. The number of nitrogens with one attached hydrogen (secondary N) is 2. The van der Waals surface area contributed by atoms with E-state index in [1.807, 2.05) is 48.5 Å². The molecule has 0 radical (unpaired) electrons. The van der Waals surface area contributed by atoms with Crippen molar-refractivity contribution in [1.29, 1.82) is 0 Å². The summed E-state index contributed by atoms with van der Waals surface area (Å²) in [6.45, 7) is 0. The van der Waals surface area contributed by atoms with Crippen molar-refractivity contribution >= 4 is 55.0 Å². The zero-order valence-corrected chi connectivity index (χ0v) is 16.9. The minimum Gasteiger partial charge on any atom is -0.326 e. The molecule has 0 bridgehead atoms. The van der Waals surface area contributed by atoms with Gasteiger partial charge in [0.05, 0.1) is 0 Å². The molecule has 0 fully saturated rings. The summed E-state index contributed by atoms with van der Waals surface area (Å²) in [5.74, 6) is 0.00402. The fraction of sp³-hybridized carbons (Fsp3) is 0.263. The van der Waals surface area contributed by atoms with Gasteiger partial charge in [-0.25, -0.2) is 0 Å². The first-order valence-corrected chi connectivity index (χ1v) is 10.2. The maximum Gasteiger partial charge on any atom is 0.225 e. The van der Waals surface area contributed by atoms with Crippen LogP contribution in [0.3, 0.4) is 0 Å². The van der Waals surface area contributed by atoms with E-state index in [1.54, 1.807) is 0 Å². The topological polar surface area (TPSA) is 58.2 Å². The van der Waals surface area contributed by atoms with Crippen molar-refractivity contribution in [3.63, 3.8) is 0 Å². The smallest absolute Gasteiger partial charge is 0.225 e. The summed E-state index contributed by atoms with van der Waals surface area (Å²) in [6, 6.07) is 15.7. The van der Waals surface area contributed by atoms with Crippen molar-refractivity contribution in [3.05, 3.63) is 59.7 Å². The van der Waals surface area contributed by atoms with Crippen LogP contribution >= 0.6 is 31.9 Å². The van der Waals surface area contributed by atoms with Gasteiger partial charge >= 0.3 is 0 Å². The van der Waals surface area contributed by atoms with E-state index >= 15 is 0 Å². The summed E-state index contributed by atoms with van der Waals surface area (Å²) in [5, 5.41) is 7.03. The molecule has 0 aromatic heterocycles. The van der Waals surface area contributed by atoms with Gasteiger partial charge in [0.2, 0.25) is 11.8 Å². The van der Waals surface area contributed by atoms with Crippen LogP contribution in [0.1, 0.15) is 24.0 Å². The Kier molecular flexibility index (Phi) is 8.15. The van der Waals surface area contributed by atoms with Crippen molar-refractivity contribution in [2.24, 2.45) is 0 Å². The predicted octanol–water partition coefficient (Wildman–Crippen LogP) is 4.72. The molecule has 0 aliphatic carbocycles. The van der Waals surface area contributed by atoms with Gasteiger partial charge in [-0.1, -0.05) is 56.1 Å². The highest BCUT2D eigenvalue weighted by Crippen LogP contribution is 2.16. The maximum atomic E-state index is 11.6. The minimum atomic E-state index is 0.00201. The van der Waals surface area contributed by atoms with Crippen LogP contribution in [0, 0.1) is 0 Å². The molecular formula is C19H20Br2N2O2. The van der Waals surface area contributed by atoms with Crippen LogP contribution in [0.15, 0.2) is 48.5 Å². The van der Waals surface area contributed by atoms with Crippen LogP contribution in [0.5, 0.6) is 0 Å². The zero-order chi connectivity index (χ0) is 18.1. The molecule has 2 rings (SSSR count). The second-order valence-electron chi connectivity index (χ2n) is 5.54. The van der Waals surface area contributed by atoms with E-state index < -0.39 is 0 Å². The molecule has 2 amide bonds. The zero-order valence-electron chi connectivity index (χ0n) is 13.7. The van der Waals surface area contributed by atoms with Crippen LogP contribution in [0.4, 0.5) is 11.4 Å². The average Bonchev–Trinajstić information content (AvgIpc) is 2.59. The third-order valence-electron chi connectivity index (χ3n) is 3.53. The predicted molar refractivity (Wildman–Crippen MR) is 110 cm³/mol. The van der Waals surface area contributed by atoms with Gasteiger partial charge < -0.3 is 10.6 Å². The Balaban J connectivity index is 1.91. The number of rotatable bonds is 8. The molecule has 0 unspecified atom stereocenters. The molecule has 132 valence electrons. The average molecular weight is 468 g/mol. The molecular weight excluding hydrogens is 448 g/mol. The molecule has 0 heterocycles. The Hall–Kier alpha value is -1.66. The molecule has 2 N–H and O–H groups in total. The first-order chi connectivity index (χ1) is 12.1. The van der Waals surface area contributed by atoms with E-state index in [2.05, 4.69) is 42.5 Å². The quantitative estimate of drug-likeness (QED) is 0.551. The molecule has 0 aliphatic heterocycles. The van der Waals surface area contributed by atoms with E-state index in [0.29, 0.717) is 23.5 Å². The van der Waals surface area contributed by atoms with Crippen LogP contribution in [-0.4, -0.2) is 22.5 Å². The van der Waals surface area contributed by atoms with Gasteiger partial charge in [0.15, 0.2) is 0 Å². The number of alkyl halides is 2. The third-order valence-corrected chi connectivity index (χ3v) is 4.32. The van der Waals surface area contributed by atoms with Crippen molar-refractivity contribution < 1.29 is 9.59 Å². The highest BCUT2D eigenvalue weighted by atomic mass is 79.9. The van der Waals surface area contributed by atoms with Gasteiger partial charge in [0, 0.05) is 34.9 Å². The SMILES string of the molecule is O=C(CCBr)Nc1ccc(Cc2ccc(NC(=O)CCBr)cc2)cc1. The minimum absolute atomic E-state index is 0.00201. The highest BCUT2D eigenvalue weighted by molar-refractivity contribution is 9.09. The summed E-state index contributed by atoms with van der Waals surface area (Å²) in [6.07, 6.45) is 1.71. The van der Waals surface area contributed by atoms with Crippen LogP contribution in [0.2, 0.25) is 0 Å². The lowest BCUT2D eigenvalue weighted by Crippen LogP contribution is -2.11. The fourth-order valence-corrected chi connectivity index (χ4v) is 2.99. The number of anilines is 2. The first-order valence-electron chi connectivity index (χ1n) is 8.00. The Morgan fingerprint density at radius 1 is 0.680 bits per heavy atom. The van der Waals surface area contributed by atoms with Crippen molar-refractivity contribution in [1.82, 2.24) is 0 Å². The number of carbonyl (C=O) groups is 2. The van der Waals surface area contributed by atoms with E-state index in [4.69, 9.17) is 0 Å². The molecule has 2 aromatic carbocycles. The number of benzene rings is 2. The van der Waals surface area contributed by atoms with E-state index in [-0.39, 0.29) is 11.8 Å². The number of amides is 2. The second kappa shape index (κ2) is 10.4. The molecule has 4 nitrogen and oxygen atoms in total. The standard InChI is InChI=1S/C19H20Br2N2O2/c20-11-9-18(24)22-16-5-1-14(2-6-16)13-15-3-7-17(8-4-15)23-19(25)10-12-21/h1-8H,9-13H2,(H,22,24)(H,23,25). The first kappa shape index (κ1) is 19.7. The van der Waals surface area contributed by atoms with Crippen LogP contribution < -0.4 is 10.6 Å². The van der Waals surface area contributed by atoms with Gasteiger partial charge in [-0.2, -0.15) is 0 Å². The summed E-state index contributed by atoms with van der Waals surface area (Å²) < 4.78 is 0. The lowest BCUT2D eigenvalue weighted by Gasteiger charge is -2.08. The molecule has 0 atom stereocenters. The van der Waals surface area contributed by atoms with Gasteiger partial charge in [0.1, 0.15) is 0 Å². The largest absolute Gasteiger partial charge is 0.326 e. The molecule has 0 spiro atoms. The Morgan fingerprint density at radius 2 is 1.04 bits per heavy atom. The van der Waals surface area contributed by atoms with Gasteiger partial charge in [0.25, 0.3) is 0 Å². The summed E-state index contributed by atoms with van der Waals surface area (Å²) in [5.41, 5.74) is 3.93. The maximum absolute atomic E-state index is 11.6. The Morgan fingerprint density at radius 3 is 1.36 bits per heavy atom. The summed E-state index contributed by atoms with van der Waals surface area (Å²) >= 11 is 6.50. The third kappa shape index (κ3) is 7.00. The number of hydrogen-bond donors (Lipinski definition) is 2. The Labute approximate surface area is 164 Å².